The number of hydrogen-bond acceptors (Lipinski definition) is 3. The molecule has 0 aliphatic carbocycles. The van der Waals surface area contributed by atoms with Crippen LogP contribution in [0.4, 0.5) is 0 Å². The fourth-order valence-electron chi connectivity index (χ4n) is 2.43. The average molecular weight is 372 g/mol. The summed E-state index contributed by atoms with van der Waals surface area (Å²) in [5.74, 6) is 0.642. The normalized spacial score (nSPS) is 11.7. The fraction of sp³-hybridized carbons (Fsp3) is 0.105. The van der Waals surface area contributed by atoms with E-state index in [0.717, 1.165) is 5.76 Å². The van der Waals surface area contributed by atoms with Gasteiger partial charge in [0, 0.05) is 22.7 Å². The van der Waals surface area contributed by atoms with Gasteiger partial charge in [-0.1, -0.05) is 29.9 Å². The zero-order chi connectivity index (χ0) is 17.6. The van der Waals surface area contributed by atoms with E-state index in [1.54, 1.807) is 35.1 Å². The number of benzene rings is 1. The maximum Gasteiger partial charge on any atom is 0.270 e. The van der Waals surface area contributed by atoms with Crippen molar-refractivity contribution in [1.82, 2.24) is 5.32 Å². The van der Waals surface area contributed by atoms with Crippen molar-refractivity contribution in [2.24, 2.45) is 0 Å². The first-order chi connectivity index (χ1) is 12.1. The minimum absolute atomic E-state index is 0.107. The summed E-state index contributed by atoms with van der Waals surface area (Å²) in [5.41, 5.74) is 0.549. The second-order valence-corrected chi connectivity index (χ2v) is 6.27. The van der Waals surface area contributed by atoms with Gasteiger partial charge in [-0.05, 0) is 36.4 Å². The highest BCUT2D eigenvalue weighted by atomic mass is 35.5. The minimum atomic E-state index is -0.646. The third-order valence-electron chi connectivity index (χ3n) is 3.68. The number of nitrogens with one attached hydrogen (secondary N) is 1. The lowest BCUT2D eigenvalue weighted by Gasteiger charge is -2.14. The second kappa shape index (κ2) is 8.05. The number of nitrogens with zero attached hydrogens (tertiary/aromatic N) is 1. The van der Waals surface area contributed by atoms with Crippen molar-refractivity contribution >= 4 is 34.6 Å². The number of pyridine rings is 1. The maximum absolute atomic E-state index is 13.0. The largest absolute Gasteiger partial charge is 0.467 e. The fourth-order valence-corrected chi connectivity index (χ4v) is 2.86. The van der Waals surface area contributed by atoms with Crippen molar-refractivity contribution in [3.63, 3.8) is 0 Å². The van der Waals surface area contributed by atoms with Crippen LogP contribution >= 0.6 is 23.8 Å². The van der Waals surface area contributed by atoms with Gasteiger partial charge in [0.25, 0.3) is 6.04 Å². The quantitative estimate of drug-likeness (QED) is 0.407. The van der Waals surface area contributed by atoms with Gasteiger partial charge in [-0.15, -0.1) is 0 Å². The van der Waals surface area contributed by atoms with E-state index >= 15 is 0 Å². The monoisotopic (exact) mass is 371 g/mol. The zero-order valence-electron chi connectivity index (χ0n) is 13.3. The number of aromatic nitrogens is 1. The molecule has 0 amide bonds. The molecular formula is C19H16ClN2O2S+. The molecule has 0 saturated heterocycles. The van der Waals surface area contributed by atoms with Crippen molar-refractivity contribution in [2.75, 3.05) is 0 Å². The first-order valence-corrected chi connectivity index (χ1v) is 8.49. The first-order valence-electron chi connectivity index (χ1n) is 7.71. The molecule has 4 nitrogen and oxygen atoms in total. The van der Waals surface area contributed by atoms with Gasteiger partial charge < -0.3 is 9.73 Å². The van der Waals surface area contributed by atoms with Crippen molar-refractivity contribution in [3.8, 4) is 0 Å². The molecular weight excluding hydrogens is 356 g/mol. The van der Waals surface area contributed by atoms with Gasteiger partial charge in [0.15, 0.2) is 17.4 Å². The molecule has 2 heterocycles. The molecule has 1 atom stereocenters. The van der Waals surface area contributed by atoms with E-state index in [9.17, 15) is 4.79 Å². The van der Waals surface area contributed by atoms with Crippen molar-refractivity contribution < 1.29 is 13.8 Å². The van der Waals surface area contributed by atoms with Gasteiger partial charge in [0.2, 0.25) is 5.78 Å². The Morgan fingerprint density at radius 3 is 2.48 bits per heavy atom. The maximum atomic E-state index is 13.0. The van der Waals surface area contributed by atoms with Crippen LogP contribution < -0.4 is 9.88 Å². The molecule has 3 rings (SSSR count). The Morgan fingerprint density at radius 2 is 1.84 bits per heavy atom. The Hall–Kier alpha value is -2.50. The lowest BCUT2D eigenvalue weighted by molar-refractivity contribution is -0.692. The number of rotatable bonds is 6. The SMILES string of the molecule is O=C(c1ccc(Cl)cc1)[C@@H](C(=S)NCc1ccco1)[n+]1ccccc1. The van der Waals surface area contributed by atoms with Crippen molar-refractivity contribution in [2.45, 2.75) is 12.6 Å². The molecule has 1 N–H and O–H groups in total. The van der Waals surface area contributed by atoms with Crippen LogP contribution in [0.15, 0.2) is 77.7 Å². The van der Waals surface area contributed by atoms with E-state index in [1.165, 1.54) is 0 Å². The number of halogens is 1. The highest BCUT2D eigenvalue weighted by Gasteiger charge is 2.33. The first kappa shape index (κ1) is 17.3. The van der Waals surface area contributed by atoms with Crippen LogP contribution in [0.25, 0.3) is 0 Å². The van der Waals surface area contributed by atoms with Gasteiger partial charge >= 0.3 is 0 Å². The number of thiocarbonyl (C=S) groups is 1. The van der Waals surface area contributed by atoms with E-state index in [-0.39, 0.29) is 5.78 Å². The number of hydrogen-bond donors (Lipinski definition) is 1. The lowest BCUT2D eigenvalue weighted by Crippen LogP contribution is -2.51. The summed E-state index contributed by atoms with van der Waals surface area (Å²) in [6, 6.07) is 15.4. The van der Waals surface area contributed by atoms with Gasteiger partial charge in [-0.25, -0.2) is 0 Å². The summed E-state index contributed by atoms with van der Waals surface area (Å²) in [7, 11) is 0. The average Bonchev–Trinajstić information content (AvgIpc) is 3.15. The number of furan rings is 1. The van der Waals surface area contributed by atoms with E-state index in [4.69, 9.17) is 28.2 Å². The molecule has 126 valence electrons. The molecule has 1 aromatic carbocycles. The van der Waals surface area contributed by atoms with Gasteiger partial charge in [-0.3, -0.25) is 4.79 Å². The molecule has 0 saturated carbocycles. The summed E-state index contributed by atoms with van der Waals surface area (Å²) in [6.45, 7) is 0.420. The molecule has 2 aromatic heterocycles. The number of ketones is 1. The Kier molecular flexibility index (Phi) is 5.58. The molecule has 0 aliphatic heterocycles. The summed E-state index contributed by atoms with van der Waals surface area (Å²) in [5, 5.41) is 3.70. The Labute approximate surface area is 156 Å². The molecule has 0 spiro atoms. The highest BCUT2D eigenvalue weighted by Crippen LogP contribution is 2.15. The van der Waals surface area contributed by atoms with Crippen LogP contribution in [0.3, 0.4) is 0 Å². The summed E-state index contributed by atoms with van der Waals surface area (Å²) in [6.07, 6.45) is 5.24. The van der Waals surface area contributed by atoms with E-state index in [2.05, 4.69) is 5.32 Å². The van der Waals surface area contributed by atoms with E-state index < -0.39 is 6.04 Å². The molecule has 25 heavy (non-hydrogen) atoms. The molecule has 0 bridgehead atoms. The molecule has 6 heteroatoms. The van der Waals surface area contributed by atoms with Crippen LogP contribution in [-0.2, 0) is 6.54 Å². The van der Waals surface area contributed by atoms with Crippen LogP contribution in [-0.4, -0.2) is 10.8 Å². The number of Topliss-reactive ketones (excluding diaryl/α,β-unsaturated/α-hetero) is 1. The Balaban J connectivity index is 1.85. The minimum Gasteiger partial charge on any atom is -0.467 e. The summed E-state index contributed by atoms with van der Waals surface area (Å²) in [4.78, 5) is 13.5. The highest BCUT2D eigenvalue weighted by molar-refractivity contribution is 7.80. The third-order valence-corrected chi connectivity index (χ3v) is 4.30. The third kappa shape index (κ3) is 4.32. The predicted molar refractivity (Wildman–Crippen MR) is 99.6 cm³/mol. The van der Waals surface area contributed by atoms with Crippen LogP contribution in [0.1, 0.15) is 22.2 Å². The topological polar surface area (TPSA) is 46.1 Å². The van der Waals surface area contributed by atoms with Crippen molar-refractivity contribution in [3.05, 3.63) is 89.6 Å². The predicted octanol–water partition coefficient (Wildman–Crippen LogP) is 3.76. The van der Waals surface area contributed by atoms with Gasteiger partial charge in [-0.2, -0.15) is 4.57 Å². The summed E-state index contributed by atoms with van der Waals surface area (Å²) < 4.78 is 7.09. The number of carbonyl (C=O) groups is 1. The molecule has 0 unspecified atom stereocenters. The second-order valence-electron chi connectivity index (χ2n) is 5.39. The molecule has 0 aliphatic rings. The molecule has 0 fully saturated rings. The Bertz CT molecular complexity index is 849. The molecule has 3 aromatic rings. The van der Waals surface area contributed by atoms with Crippen LogP contribution in [0.2, 0.25) is 5.02 Å². The Morgan fingerprint density at radius 1 is 1.12 bits per heavy atom. The van der Waals surface area contributed by atoms with Crippen LogP contribution in [0, 0.1) is 0 Å². The number of carbonyl (C=O) groups excluding carboxylic acids is 1. The molecule has 0 radical (unpaired) electrons. The summed E-state index contributed by atoms with van der Waals surface area (Å²) >= 11 is 11.4. The lowest BCUT2D eigenvalue weighted by atomic mass is 10.0. The smallest absolute Gasteiger partial charge is 0.270 e. The van der Waals surface area contributed by atoms with Crippen molar-refractivity contribution in [1.29, 1.82) is 0 Å². The van der Waals surface area contributed by atoms with E-state index in [1.807, 2.05) is 42.7 Å². The van der Waals surface area contributed by atoms with Crippen LogP contribution in [0.5, 0.6) is 0 Å². The van der Waals surface area contributed by atoms with Gasteiger partial charge in [0.05, 0.1) is 12.8 Å². The standard InChI is InChI=1S/C19H15ClN2O2S/c20-15-8-6-14(7-9-15)18(23)17(22-10-2-1-3-11-22)19(25)21-13-16-5-4-12-24-16/h1-12,17H,13H2/p+1/t17-/m0/s1. The zero-order valence-corrected chi connectivity index (χ0v) is 14.8. The van der Waals surface area contributed by atoms with Gasteiger partial charge in [0.1, 0.15) is 5.76 Å². The van der Waals surface area contributed by atoms with E-state index in [0.29, 0.717) is 22.1 Å².